The molecule has 0 aliphatic carbocycles. The van der Waals surface area contributed by atoms with Crippen molar-refractivity contribution in [3.8, 4) is 0 Å². The number of rotatable bonds is 3. The number of nitrogens with zero attached hydrogens (tertiary/aromatic N) is 3. The number of nitrogens with two attached hydrogens (primary N) is 1. The Bertz CT molecular complexity index is 573. The number of hydrazone groups is 1. The van der Waals surface area contributed by atoms with Crippen molar-refractivity contribution in [3.63, 3.8) is 0 Å². The van der Waals surface area contributed by atoms with Gasteiger partial charge in [-0.15, -0.1) is 0 Å². The van der Waals surface area contributed by atoms with Gasteiger partial charge in [-0.2, -0.15) is 23.3 Å². The minimum absolute atomic E-state index is 0.0657. The van der Waals surface area contributed by atoms with Crippen LogP contribution in [0.3, 0.4) is 0 Å². The van der Waals surface area contributed by atoms with Gasteiger partial charge in [-0.05, 0) is 12.6 Å². The van der Waals surface area contributed by atoms with Crippen molar-refractivity contribution in [3.05, 3.63) is 22.8 Å². The van der Waals surface area contributed by atoms with Gasteiger partial charge in [0.2, 0.25) is 0 Å². The molecule has 9 heteroatoms. The molecule has 0 atom stereocenters. The minimum atomic E-state index is -4.54. The van der Waals surface area contributed by atoms with Crippen LogP contribution in [0.2, 0.25) is 5.02 Å². The van der Waals surface area contributed by atoms with Crippen molar-refractivity contribution in [1.29, 1.82) is 0 Å². The maximum absolute atomic E-state index is 12.5. The summed E-state index contributed by atoms with van der Waals surface area (Å²) in [7, 11) is 0. The lowest BCUT2D eigenvalue weighted by Crippen LogP contribution is -2.21. The zero-order chi connectivity index (χ0) is 14.9. The summed E-state index contributed by atoms with van der Waals surface area (Å²) in [5.41, 5.74) is 4.93. The van der Waals surface area contributed by atoms with Gasteiger partial charge in [0.15, 0.2) is 5.82 Å². The Labute approximate surface area is 117 Å². The number of carbonyl (C=O) groups is 1. The maximum Gasteiger partial charge on any atom is 0.417 e. The highest BCUT2D eigenvalue weighted by atomic mass is 35.5. The topological polar surface area (TPSA) is 71.6 Å². The molecule has 0 saturated carbocycles. The number of carbonyl (C=O) groups excluding carboxylic acids is 1. The first-order chi connectivity index (χ1) is 9.32. The van der Waals surface area contributed by atoms with E-state index < -0.39 is 17.6 Å². The van der Waals surface area contributed by atoms with Crippen LogP contribution in [0, 0.1) is 0 Å². The first-order valence-corrected chi connectivity index (χ1v) is 6.03. The lowest BCUT2D eigenvalue weighted by atomic mass is 10.2. The summed E-state index contributed by atoms with van der Waals surface area (Å²) in [5, 5.41) is 4.60. The number of pyridine rings is 1. The number of alkyl halides is 3. The SMILES string of the molecule is NCCC1=NN(c2ncc(C(F)(F)F)cc2Cl)C(=O)C1. The third-order valence-electron chi connectivity index (χ3n) is 2.62. The molecule has 2 heterocycles. The normalized spacial score (nSPS) is 15.8. The van der Waals surface area contributed by atoms with E-state index in [-0.39, 0.29) is 17.3 Å². The first-order valence-electron chi connectivity index (χ1n) is 5.65. The second-order valence-corrected chi connectivity index (χ2v) is 4.52. The standard InChI is InChI=1S/C11H10ClF3N4O/c12-8-3-6(11(13,14)15)5-17-10(8)19-9(20)4-7(18-19)1-2-16/h3,5H,1-2,4,16H2. The van der Waals surface area contributed by atoms with Gasteiger partial charge in [-0.1, -0.05) is 11.6 Å². The van der Waals surface area contributed by atoms with Gasteiger partial charge in [0.1, 0.15) is 0 Å². The average molecular weight is 307 g/mol. The smallest absolute Gasteiger partial charge is 0.330 e. The van der Waals surface area contributed by atoms with Gasteiger partial charge in [0.05, 0.1) is 17.0 Å². The van der Waals surface area contributed by atoms with E-state index in [4.69, 9.17) is 17.3 Å². The summed E-state index contributed by atoms with van der Waals surface area (Å²) in [4.78, 5) is 15.3. The van der Waals surface area contributed by atoms with Crippen LogP contribution in [0.5, 0.6) is 0 Å². The molecule has 0 fully saturated rings. The van der Waals surface area contributed by atoms with Crippen molar-refractivity contribution in [2.24, 2.45) is 10.8 Å². The Morgan fingerprint density at radius 1 is 1.45 bits per heavy atom. The molecule has 2 rings (SSSR count). The second kappa shape index (κ2) is 5.37. The number of aromatic nitrogens is 1. The first kappa shape index (κ1) is 14.7. The maximum atomic E-state index is 12.5. The quantitative estimate of drug-likeness (QED) is 0.930. The Morgan fingerprint density at radius 2 is 2.15 bits per heavy atom. The molecular weight excluding hydrogens is 297 g/mol. The fraction of sp³-hybridized carbons (Fsp3) is 0.364. The van der Waals surface area contributed by atoms with Gasteiger partial charge >= 0.3 is 6.18 Å². The summed E-state index contributed by atoms with van der Waals surface area (Å²) in [6.07, 6.45) is -3.43. The molecule has 0 aromatic carbocycles. The molecule has 0 unspecified atom stereocenters. The molecule has 0 radical (unpaired) electrons. The van der Waals surface area contributed by atoms with Crippen LogP contribution in [0.15, 0.2) is 17.4 Å². The van der Waals surface area contributed by atoms with E-state index in [9.17, 15) is 18.0 Å². The zero-order valence-electron chi connectivity index (χ0n) is 10.1. The van der Waals surface area contributed by atoms with Gasteiger partial charge in [-0.3, -0.25) is 4.79 Å². The van der Waals surface area contributed by atoms with E-state index in [1.807, 2.05) is 0 Å². The molecule has 1 aromatic rings. The monoisotopic (exact) mass is 306 g/mol. The van der Waals surface area contributed by atoms with E-state index in [2.05, 4.69) is 10.1 Å². The van der Waals surface area contributed by atoms with E-state index >= 15 is 0 Å². The molecule has 5 nitrogen and oxygen atoms in total. The van der Waals surface area contributed by atoms with Gasteiger partial charge in [0.25, 0.3) is 5.91 Å². The average Bonchev–Trinajstić information content (AvgIpc) is 2.69. The number of halogens is 4. The fourth-order valence-corrected chi connectivity index (χ4v) is 1.94. The highest BCUT2D eigenvalue weighted by molar-refractivity contribution is 6.33. The summed E-state index contributed by atoms with van der Waals surface area (Å²) >= 11 is 5.76. The van der Waals surface area contributed by atoms with Crippen molar-refractivity contribution >= 4 is 29.0 Å². The highest BCUT2D eigenvalue weighted by Gasteiger charge is 2.33. The molecule has 0 spiro atoms. The number of anilines is 1. The van der Waals surface area contributed by atoms with Crippen LogP contribution in [0.25, 0.3) is 0 Å². The molecule has 0 bridgehead atoms. The molecule has 0 saturated heterocycles. The predicted octanol–water partition coefficient (Wildman–Crippen LogP) is 2.20. The van der Waals surface area contributed by atoms with Crippen LogP contribution < -0.4 is 10.7 Å². The number of hydrogen-bond acceptors (Lipinski definition) is 4. The molecule has 1 aromatic heterocycles. The largest absolute Gasteiger partial charge is 0.417 e. The zero-order valence-corrected chi connectivity index (χ0v) is 10.9. The minimum Gasteiger partial charge on any atom is -0.330 e. The van der Waals surface area contributed by atoms with Crippen molar-refractivity contribution in [2.75, 3.05) is 11.6 Å². The Hall–Kier alpha value is -1.67. The Balaban J connectivity index is 2.32. The van der Waals surface area contributed by atoms with E-state index in [0.717, 1.165) is 5.01 Å². The lowest BCUT2D eigenvalue weighted by molar-refractivity contribution is -0.137. The van der Waals surface area contributed by atoms with Crippen molar-refractivity contribution in [2.45, 2.75) is 19.0 Å². The fourth-order valence-electron chi connectivity index (χ4n) is 1.69. The molecule has 2 N–H and O–H groups in total. The van der Waals surface area contributed by atoms with Crippen molar-refractivity contribution in [1.82, 2.24) is 4.98 Å². The Morgan fingerprint density at radius 3 is 2.70 bits per heavy atom. The van der Waals surface area contributed by atoms with Crippen LogP contribution in [-0.2, 0) is 11.0 Å². The van der Waals surface area contributed by atoms with E-state index in [0.29, 0.717) is 30.9 Å². The van der Waals surface area contributed by atoms with Crippen LogP contribution >= 0.6 is 11.6 Å². The molecule has 1 aliphatic heterocycles. The molecule has 1 aliphatic rings. The highest BCUT2D eigenvalue weighted by Crippen LogP contribution is 2.34. The van der Waals surface area contributed by atoms with Crippen LogP contribution in [0.4, 0.5) is 19.0 Å². The summed E-state index contributed by atoms with van der Waals surface area (Å²) in [6.45, 7) is 0.328. The van der Waals surface area contributed by atoms with Gasteiger partial charge < -0.3 is 5.73 Å². The third kappa shape index (κ3) is 2.91. The second-order valence-electron chi connectivity index (χ2n) is 4.11. The molecular formula is C11H10ClF3N4O. The lowest BCUT2D eigenvalue weighted by Gasteiger charge is -2.14. The van der Waals surface area contributed by atoms with E-state index in [1.54, 1.807) is 0 Å². The van der Waals surface area contributed by atoms with Gasteiger partial charge in [-0.25, -0.2) is 4.98 Å². The van der Waals surface area contributed by atoms with Crippen molar-refractivity contribution < 1.29 is 18.0 Å². The molecule has 1 amide bonds. The van der Waals surface area contributed by atoms with Gasteiger partial charge in [0, 0.05) is 18.3 Å². The Kier molecular flexibility index (Phi) is 3.96. The summed E-state index contributed by atoms with van der Waals surface area (Å²) in [6, 6.07) is 0.716. The predicted molar refractivity (Wildman–Crippen MR) is 67.5 cm³/mol. The van der Waals surface area contributed by atoms with E-state index in [1.165, 1.54) is 0 Å². The summed E-state index contributed by atoms with van der Waals surface area (Å²) < 4.78 is 37.5. The number of hydrogen-bond donors (Lipinski definition) is 1. The molecule has 20 heavy (non-hydrogen) atoms. The van der Waals surface area contributed by atoms with Crippen LogP contribution in [-0.4, -0.2) is 23.1 Å². The third-order valence-corrected chi connectivity index (χ3v) is 2.89. The summed E-state index contributed by atoms with van der Waals surface area (Å²) in [5.74, 6) is -0.515. The van der Waals surface area contributed by atoms with Crippen LogP contribution in [0.1, 0.15) is 18.4 Å². The number of amides is 1. The molecule has 108 valence electrons.